The first kappa shape index (κ1) is 52.8. The maximum Gasteiger partial charge on any atom is 0.125 e. The molecule has 0 heterocycles. The standard InChI is InChI=1S/C90H54F2N2/c91-59-45-49-61(55-21-3-1-4-22-55)83(53-59)93(81-39-19-37-77-87(81)67-29-11-17-35-75(67)89(77)71-31-13-7-25-63(71)64-26-8-14-32-72(64)89)79-51-43-57-42-48-70-80(52-44-58-41-47-69(79)85(57)86(58)70)94(84-54-60(92)46-50-62(84)56-23-5-2-6-24-56)82-40-20-38-78-88(82)68-30-12-18-36-76(68)90(78)73-33-15-9-27-65(73)66-28-10-16-34-74(66)90/h1-54H. The molecular formula is C90H54F2N2. The smallest absolute Gasteiger partial charge is 0.125 e. The number of fused-ring (bicyclic) bond motifs is 20. The molecular weight excluding hydrogens is 1150 g/mol. The van der Waals surface area contributed by atoms with Crippen molar-refractivity contribution in [2.75, 3.05) is 9.80 Å². The van der Waals surface area contributed by atoms with Crippen LogP contribution in [-0.4, -0.2) is 0 Å². The minimum absolute atomic E-state index is 0.334. The summed E-state index contributed by atoms with van der Waals surface area (Å²) in [5, 5.41) is 6.28. The first-order valence-corrected chi connectivity index (χ1v) is 32.4. The van der Waals surface area contributed by atoms with Gasteiger partial charge in [0.1, 0.15) is 11.6 Å². The SMILES string of the molecule is Fc1ccc(-c2ccccc2)c(N(c2cccc3c2-c2ccccc2C32c3ccccc3-c3ccccc32)c2ccc3ccc4c(N(c5cc(F)ccc5-c5ccccc5)c5cccc6c5-c5ccccc5C65c6ccccc6-c6ccccc65)ccc5ccc2c3c54)c1. The van der Waals surface area contributed by atoms with Crippen molar-refractivity contribution in [2.24, 2.45) is 0 Å². The molecule has 0 saturated carbocycles. The average Bonchev–Trinajstić information content (AvgIpc) is 1.49. The van der Waals surface area contributed by atoms with Crippen LogP contribution in [0.4, 0.5) is 42.9 Å². The molecule has 0 amide bonds. The summed E-state index contributed by atoms with van der Waals surface area (Å²) in [6, 6.07) is 116. The minimum atomic E-state index is -0.619. The fourth-order valence-corrected chi connectivity index (χ4v) is 17.7. The van der Waals surface area contributed by atoms with Gasteiger partial charge in [-0.05, 0) is 171 Å². The van der Waals surface area contributed by atoms with Gasteiger partial charge in [-0.3, -0.25) is 0 Å². The van der Waals surface area contributed by atoms with E-state index in [-0.39, 0.29) is 11.6 Å². The monoisotopic (exact) mass is 1200 g/mol. The second-order valence-corrected chi connectivity index (χ2v) is 25.5. The van der Waals surface area contributed by atoms with Gasteiger partial charge < -0.3 is 9.80 Å². The van der Waals surface area contributed by atoms with Crippen LogP contribution >= 0.6 is 0 Å². The minimum Gasteiger partial charge on any atom is -0.309 e. The lowest BCUT2D eigenvalue weighted by atomic mass is 9.70. The zero-order valence-corrected chi connectivity index (χ0v) is 50.8. The van der Waals surface area contributed by atoms with Crippen LogP contribution in [0.5, 0.6) is 0 Å². The molecule has 438 valence electrons. The maximum atomic E-state index is 16.9. The first-order valence-electron chi connectivity index (χ1n) is 32.4. The fraction of sp³-hybridized carbons (Fsp3) is 0.0222. The van der Waals surface area contributed by atoms with E-state index in [4.69, 9.17) is 0 Å². The van der Waals surface area contributed by atoms with Gasteiger partial charge >= 0.3 is 0 Å². The molecule has 4 heteroatoms. The number of hydrogen-bond acceptors (Lipinski definition) is 2. The Balaban J connectivity index is 0.873. The Labute approximate surface area is 543 Å². The van der Waals surface area contributed by atoms with E-state index in [2.05, 4.69) is 289 Å². The number of anilines is 6. The number of halogens is 2. The Morgan fingerprint density at radius 1 is 0.213 bits per heavy atom. The molecule has 0 radical (unpaired) electrons. The molecule has 0 aliphatic heterocycles. The predicted molar refractivity (Wildman–Crippen MR) is 383 cm³/mol. The lowest BCUT2D eigenvalue weighted by Gasteiger charge is -2.34. The lowest BCUT2D eigenvalue weighted by Crippen LogP contribution is -2.26. The van der Waals surface area contributed by atoms with Crippen molar-refractivity contribution in [2.45, 2.75) is 10.8 Å². The fourth-order valence-electron chi connectivity index (χ4n) is 17.7. The van der Waals surface area contributed by atoms with Crippen LogP contribution in [0.25, 0.3) is 99.1 Å². The third-order valence-electron chi connectivity index (χ3n) is 21.2. The normalized spacial score (nSPS) is 13.6. The van der Waals surface area contributed by atoms with E-state index < -0.39 is 10.8 Å². The van der Waals surface area contributed by atoms with Crippen LogP contribution in [0.15, 0.2) is 328 Å². The topological polar surface area (TPSA) is 6.48 Å². The third-order valence-corrected chi connectivity index (χ3v) is 21.2. The van der Waals surface area contributed by atoms with E-state index in [1.54, 1.807) is 24.3 Å². The van der Waals surface area contributed by atoms with Crippen molar-refractivity contribution in [3.63, 3.8) is 0 Å². The summed E-state index contributed by atoms with van der Waals surface area (Å²) in [6.45, 7) is 0. The summed E-state index contributed by atoms with van der Waals surface area (Å²) in [5.41, 5.74) is 26.8. The van der Waals surface area contributed by atoms with Gasteiger partial charge in [0.2, 0.25) is 0 Å². The third kappa shape index (κ3) is 6.96. The summed E-state index contributed by atoms with van der Waals surface area (Å²) in [7, 11) is 0. The second kappa shape index (κ2) is 19.8. The highest BCUT2D eigenvalue weighted by molar-refractivity contribution is 6.29. The summed E-state index contributed by atoms with van der Waals surface area (Å²) in [5.74, 6) is -0.667. The van der Waals surface area contributed by atoms with Crippen LogP contribution < -0.4 is 9.80 Å². The summed E-state index contributed by atoms with van der Waals surface area (Å²) >= 11 is 0. The highest BCUT2D eigenvalue weighted by Crippen LogP contribution is 2.67. The van der Waals surface area contributed by atoms with E-state index in [0.29, 0.717) is 0 Å². The molecule has 4 aliphatic rings. The Morgan fingerprint density at radius 3 is 0.894 bits per heavy atom. The highest BCUT2D eigenvalue weighted by atomic mass is 19.1. The summed E-state index contributed by atoms with van der Waals surface area (Å²) in [6.07, 6.45) is 0. The largest absolute Gasteiger partial charge is 0.309 e. The van der Waals surface area contributed by atoms with Gasteiger partial charge in [-0.15, -0.1) is 0 Å². The summed E-state index contributed by atoms with van der Waals surface area (Å²) in [4.78, 5) is 4.70. The van der Waals surface area contributed by atoms with Crippen molar-refractivity contribution >= 4 is 66.4 Å². The van der Waals surface area contributed by atoms with Crippen molar-refractivity contribution in [3.8, 4) is 66.8 Å². The Kier molecular flexibility index (Phi) is 11.1. The molecule has 2 nitrogen and oxygen atoms in total. The molecule has 0 atom stereocenters. The maximum absolute atomic E-state index is 16.9. The highest BCUT2D eigenvalue weighted by Gasteiger charge is 2.54. The quantitative estimate of drug-likeness (QED) is 0.140. The predicted octanol–water partition coefficient (Wildman–Crippen LogP) is 23.8. The Morgan fingerprint density at radius 2 is 0.521 bits per heavy atom. The van der Waals surface area contributed by atoms with E-state index >= 15 is 8.78 Å². The molecule has 0 fully saturated rings. The van der Waals surface area contributed by atoms with Crippen molar-refractivity contribution in [1.82, 2.24) is 0 Å². The zero-order valence-electron chi connectivity index (χ0n) is 50.8. The van der Waals surface area contributed by atoms with Gasteiger partial charge in [0.05, 0.1) is 45.0 Å². The van der Waals surface area contributed by atoms with Crippen molar-refractivity contribution in [3.05, 3.63) is 384 Å². The zero-order chi connectivity index (χ0) is 62.0. The average molecular weight is 1200 g/mol. The van der Waals surface area contributed by atoms with Crippen LogP contribution in [0, 0.1) is 11.6 Å². The number of hydrogen-bond donors (Lipinski definition) is 0. The summed E-state index contributed by atoms with van der Waals surface area (Å²) < 4.78 is 33.7. The van der Waals surface area contributed by atoms with Gasteiger partial charge in [0.25, 0.3) is 0 Å². The van der Waals surface area contributed by atoms with E-state index in [0.717, 1.165) is 111 Å². The van der Waals surface area contributed by atoms with E-state index in [1.165, 1.54) is 66.8 Å². The molecule has 0 aromatic heterocycles. The molecule has 0 unspecified atom stereocenters. The van der Waals surface area contributed by atoms with Gasteiger partial charge in [0, 0.05) is 33.0 Å². The van der Waals surface area contributed by atoms with Crippen LogP contribution in [0.3, 0.4) is 0 Å². The molecule has 94 heavy (non-hydrogen) atoms. The van der Waals surface area contributed by atoms with Crippen LogP contribution in [0.1, 0.15) is 44.5 Å². The Hall–Kier alpha value is -12.0. The lowest BCUT2D eigenvalue weighted by molar-refractivity contribution is 0.628. The number of rotatable bonds is 8. The van der Waals surface area contributed by atoms with Gasteiger partial charge in [-0.25, -0.2) is 8.78 Å². The first-order chi connectivity index (χ1) is 46.5. The Bertz CT molecular complexity index is 5420. The molecule has 16 aromatic rings. The molecule has 20 rings (SSSR count). The van der Waals surface area contributed by atoms with E-state index in [9.17, 15) is 0 Å². The molecule has 16 aromatic carbocycles. The molecule has 0 N–H and O–H groups in total. The molecule has 4 aliphatic carbocycles. The molecule has 0 saturated heterocycles. The number of benzene rings is 16. The van der Waals surface area contributed by atoms with Gasteiger partial charge in [-0.1, -0.05) is 267 Å². The van der Waals surface area contributed by atoms with Crippen LogP contribution in [-0.2, 0) is 10.8 Å². The number of nitrogens with zero attached hydrogens (tertiary/aromatic N) is 2. The van der Waals surface area contributed by atoms with Gasteiger partial charge in [-0.2, -0.15) is 0 Å². The molecule has 2 spiro atoms. The second-order valence-electron chi connectivity index (χ2n) is 25.5. The van der Waals surface area contributed by atoms with Crippen molar-refractivity contribution < 1.29 is 8.78 Å². The van der Waals surface area contributed by atoms with Crippen LogP contribution in [0.2, 0.25) is 0 Å². The van der Waals surface area contributed by atoms with Crippen molar-refractivity contribution in [1.29, 1.82) is 0 Å². The van der Waals surface area contributed by atoms with E-state index in [1.807, 2.05) is 24.3 Å². The molecule has 0 bridgehead atoms. The van der Waals surface area contributed by atoms with Gasteiger partial charge in [0.15, 0.2) is 0 Å².